The zero-order valence-electron chi connectivity index (χ0n) is 9.24. The number of carbonyl (C=O) groups is 1. The summed E-state index contributed by atoms with van der Waals surface area (Å²) in [6.45, 7) is 0.207. The van der Waals surface area contributed by atoms with Gasteiger partial charge in [0.2, 0.25) is 0 Å². The lowest BCUT2D eigenvalue weighted by Gasteiger charge is -2.19. The van der Waals surface area contributed by atoms with E-state index in [4.69, 9.17) is 10.4 Å². The molecule has 18 heavy (non-hydrogen) atoms. The standard InChI is InChI=1S/C10H10N2O4S2/c11-6-7-3-4-9(17-7)18(15,16)12-5-1-2-8(12)10(13)14/h3-4,8H,1-2,5H2,(H,13,14)/t8-/m1/s1. The molecule has 1 fully saturated rings. The maximum absolute atomic E-state index is 12.2. The average molecular weight is 286 g/mol. The molecular formula is C10H10N2O4S2. The summed E-state index contributed by atoms with van der Waals surface area (Å²) in [5.41, 5.74) is 0. The first-order chi connectivity index (χ1) is 8.46. The molecule has 2 heterocycles. The minimum atomic E-state index is -3.80. The van der Waals surface area contributed by atoms with Crippen LogP contribution in [0.25, 0.3) is 0 Å². The van der Waals surface area contributed by atoms with Crippen LogP contribution in [0.15, 0.2) is 16.3 Å². The molecule has 0 bridgehead atoms. The van der Waals surface area contributed by atoms with Gasteiger partial charge in [-0.25, -0.2) is 8.42 Å². The Morgan fingerprint density at radius 3 is 2.83 bits per heavy atom. The molecule has 0 aromatic carbocycles. The lowest BCUT2D eigenvalue weighted by Crippen LogP contribution is -2.40. The molecule has 2 rings (SSSR count). The smallest absolute Gasteiger partial charge is 0.322 e. The van der Waals surface area contributed by atoms with Crippen LogP contribution in [0, 0.1) is 11.3 Å². The first-order valence-corrected chi connectivity index (χ1v) is 7.47. The zero-order valence-corrected chi connectivity index (χ0v) is 10.9. The maximum atomic E-state index is 12.2. The Hall–Kier alpha value is -1.43. The van der Waals surface area contributed by atoms with Gasteiger partial charge in [-0.05, 0) is 25.0 Å². The summed E-state index contributed by atoms with van der Waals surface area (Å²) < 4.78 is 25.5. The Labute approximate surface area is 108 Å². The molecule has 0 saturated carbocycles. The zero-order chi connectivity index (χ0) is 13.3. The number of aliphatic carboxylic acids is 1. The highest BCUT2D eigenvalue weighted by Gasteiger charge is 2.40. The molecule has 1 aliphatic heterocycles. The van der Waals surface area contributed by atoms with Gasteiger partial charge < -0.3 is 5.11 Å². The molecule has 0 amide bonds. The number of sulfonamides is 1. The number of nitrogens with zero attached hydrogens (tertiary/aromatic N) is 2. The second-order valence-electron chi connectivity index (χ2n) is 3.84. The van der Waals surface area contributed by atoms with E-state index in [9.17, 15) is 13.2 Å². The van der Waals surface area contributed by atoms with Crippen molar-refractivity contribution in [3.63, 3.8) is 0 Å². The largest absolute Gasteiger partial charge is 0.480 e. The van der Waals surface area contributed by atoms with Gasteiger partial charge in [-0.15, -0.1) is 11.3 Å². The van der Waals surface area contributed by atoms with Crippen LogP contribution in [0.3, 0.4) is 0 Å². The normalized spacial score (nSPS) is 20.7. The molecule has 6 nitrogen and oxygen atoms in total. The Balaban J connectivity index is 2.37. The Morgan fingerprint density at radius 2 is 2.28 bits per heavy atom. The minimum absolute atomic E-state index is 0.0206. The summed E-state index contributed by atoms with van der Waals surface area (Å²) >= 11 is 0.857. The van der Waals surface area contributed by atoms with Crippen molar-refractivity contribution in [1.82, 2.24) is 4.31 Å². The summed E-state index contributed by atoms with van der Waals surface area (Å²) in [5, 5.41) is 17.7. The van der Waals surface area contributed by atoms with Crippen LogP contribution in [-0.4, -0.2) is 36.4 Å². The number of rotatable bonds is 3. The van der Waals surface area contributed by atoms with E-state index in [-0.39, 0.29) is 10.8 Å². The average Bonchev–Trinajstić information content (AvgIpc) is 2.98. The number of thiophene rings is 1. The Morgan fingerprint density at radius 1 is 1.56 bits per heavy atom. The molecule has 8 heteroatoms. The number of nitriles is 1. The highest BCUT2D eigenvalue weighted by atomic mass is 32.2. The molecule has 1 aromatic heterocycles. The molecular weight excluding hydrogens is 276 g/mol. The fourth-order valence-corrected chi connectivity index (χ4v) is 4.79. The van der Waals surface area contributed by atoms with Crippen molar-refractivity contribution in [2.24, 2.45) is 0 Å². The van der Waals surface area contributed by atoms with E-state index in [2.05, 4.69) is 0 Å². The van der Waals surface area contributed by atoms with Gasteiger partial charge >= 0.3 is 5.97 Å². The minimum Gasteiger partial charge on any atom is -0.480 e. The van der Waals surface area contributed by atoms with Gasteiger partial charge in [-0.1, -0.05) is 0 Å². The second-order valence-corrected chi connectivity index (χ2v) is 7.04. The van der Waals surface area contributed by atoms with Crippen LogP contribution in [0.4, 0.5) is 0 Å². The van der Waals surface area contributed by atoms with E-state index in [0.717, 1.165) is 15.6 Å². The van der Waals surface area contributed by atoms with Gasteiger partial charge in [0, 0.05) is 6.54 Å². The SMILES string of the molecule is N#Cc1ccc(S(=O)(=O)N2CCC[C@@H]2C(=O)O)s1. The predicted octanol–water partition coefficient (Wildman–Crippen LogP) is 0.857. The fourth-order valence-electron chi connectivity index (χ4n) is 1.91. The van der Waals surface area contributed by atoms with Crippen molar-refractivity contribution >= 4 is 27.3 Å². The second kappa shape index (κ2) is 4.68. The number of carboxylic acids is 1. The van der Waals surface area contributed by atoms with E-state index in [1.54, 1.807) is 0 Å². The highest BCUT2D eigenvalue weighted by molar-refractivity contribution is 7.91. The van der Waals surface area contributed by atoms with Crippen LogP contribution < -0.4 is 0 Å². The van der Waals surface area contributed by atoms with Gasteiger partial charge in [-0.2, -0.15) is 9.57 Å². The molecule has 0 aliphatic carbocycles. The summed E-state index contributed by atoms with van der Waals surface area (Å²) in [6.07, 6.45) is 0.859. The van der Waals surface area contributed by atoms with Gasteiger partial charge in [-0.3, -0.25) is 4.79 Å². The Kier molecular flexibility index (Phi) is 3.38. The molecule has 1 N–H and O–H groups in total. The summed E-state index contributed by atoms with van der Waals surface area (Å²) in [6, 6.07) is 3.63. The number of hydrogen-bond acceptors (Lipinski definition) is 5. The van der Waals surface area contributed by atoms with Gasteiger partial charge in [0.05, 0.1) is 0 Å². The van der Waals surface area contributed by atoms with Crippen LogP contribution in [0.2, 0.25) is 0 Å². The molecule has 96 valence electrons. The van der Waals surface area contributed by atoms with E-state index in [0.29, 0.717) is 17.7 Å². The topological polar surface area (TPSA) is 98.5 Å². The van der Waals surface area contributed by atoms with Crippen LogP contribution in [0.5, 0.6) is 0 Å². The fraction of sp³-hybridized carbons (Fsp3) is 0.400. The van der Waals surface area contributed by atoms with Gasteiger partial charge in [0.1, 0.15) is 21.2 Å². The van der Waals surface area contributed by atoms with Crippen LogP contribution in [0.1, 0.15) is 17.7 Å². The third-order valence-electron chi connectivity index (χ3n) is 2.74. The third-order valence-corrected chi connectivity index (χ3v) is 6.11. The molecule has 1 aromatic rings. The summed E-state index contributed by atoms with van der Waals surface area (Å²) in [5.74, 6) is -1.13. The van der Waals surface area contributed by atoms with Crippen molar-refractivity contribution in [3.8, 4) is 6.07 Å². The van der Waals surface area contributed by atoms with E-state index in [1.807, 2.05) is 6.07 Å². The van der Waals surface area contributed by atoms with E-state index < -0.39 is 22.0 Å². The number of hydrogen-bond donors (Lipinski definition) is 1. The van der Waals surface area contributed by atoms with Crippen molar-refractivity contribution in [3.05, 3.63) is 17.0 Å². The van der Waals surface area contributed by atoms with Crippen molar-refractivity contribution < 1.29 is 18.3 Å². The molecule has 0 radical (unpaired) electrons. The Bertz CT molecular complexity index is 614. The van der Waals surface area contributed by atoms with Crippen molar-refractivity contribution in [2.45, 2.75) is 23.1 Å². The quantitative estimate of drug-likeness (QED) is 0.888. The van der Waals surface area contributed by atoms with Gasteiger partial charge in [0.25, 0.3) is 10.0 Å². The lowest BCUT2D eigenvalue weighted by molar-refractivity contribution is -0.140. The molecule has 1 atom stereocenters. The van der Waals surface area contributed by atoms with Crippen LogP contribution >= 0.6 is 11.3 Å². The summed E-state index contributed by atoms with van der Waals surface area (Å²) in [4.78, 5) is 11.3. The lowest BCUT2D eigenvalue weighted by atomic mass is 10.2. The molecule has 0 unspecified atom stereocenters. The van der Waals surface area contributed by atoms with E-state index in [1.165, 1.54) is 12.1 Å². The van der Waals surface area contributed by atoms with Crippen molar-refractivity contribution in [1.29, 1.82) is 5.26 Å². The van der Waals surface area contributed by atoms with E-state index >= 15 is 0 Å². The highest BCUT2D eigenvalue weighted by Crippen LogP contribution is 2.30. The number of carboxylic acid groups (broad SMARTS) is 1. The first-order valence-electron chi connectivity index (χ1n) is 5.21. The summed E-state index contributed by atoms with van der Waals surface area (Å²) in [7, 11) is -3.80. The molecule has 1 aliphatic rings. The third kappa shape index (κ3) is 2.12. The first kappa shape index (κ1) is 13.0. The predicted molar refractivity (Wildman–Crippen MR) is 63.6 cm³/mol. The van der Waals surface area contributed by atoms with Gasteiger partial charge in [0.15, 0.2) is 0 Å². The molecule has 0 spiro atoms. The monoisotopic (exact) mass is 286 g/mol. The maximum Gasteiger partial charge on any atom is 0.322 e. The van der Waals surface area contributed by atoms with Crippen LogP contribution in [-0.2, 0) is 14.8 Å². The van der Waals surface area contributed by atoms with Crippen molar-refractivity contribution in [2.75, 3.05) is 6.54 Å². The molecule has 1 saturated heterocycles.